The van der Waals surface area contributed by atoms with Gasteiger partial charge >= 0.3 is 5.69 Å². The lowest BCUT2D eigenvalue weighted by Crippen LogP contribution is -2.45. The SMILES string of the molecule is Cl.Cl.O=[N+]([O-])c1cc([C@H](c2cccs2)N2CCNCC2)ccc1O. The Bertz CT molecular complexity index is 664. The number of nitrogens with zero attached hydrogens (tertiary/aromatic N) is 2. The maximum Gasteiger partial charge on any atom is 0.311 e. The van der Waals surface area contributed by atoms with Crippen LogP contribution in [0.1, 0.15) is 16.5 Å². The summed E-state index contributed by atoms with van der Waals surface area (Å²) in [5.74, 6) is -0.293. The van der Waals surface area contributed by atoms with Crippen molar-refractivity contribution in [1.82, 2.24) is 10.2 Å². The number of thiophene rings is 1. The van der Waals surface area contributed by atoms with Crippen LogP contribution in [-0.4, -0.2) is 41.1 Å². The van der Waals surface area contributed by atoms with Gasteiger partial charge in [0, 0.05) is 37.1 Å². The monoisotopic (exact) mass is 391 g/mol. The van der Waals surface area contributed by atoms with Crippen molar-refractivity contribution in [2.24, 2.45) is 0 Å². The number of hydrogen-bond acceptors (Lipinski definition) is 6. The molecule has 0 unspecified atom stereocenters. The zero-order valence-electron chi connectivity index (χ0n) is 12.8. The van der Waals surface area contributed by atoms with Gasteiger partial charge in [0.1, 0.15) is 0 Å². The number of benzene rings is 1. The molecule has 1 saturated heterocycles. The zero-order chi connectivity index (χ0) is 15.5. The fraction of sp³-hybridized carbons (Fsp3) is 0.333. The Hall–Kier alpha value is -1.38. The molecule has 1 fully saturated rings. The molecule has 24 heavy (non-hydrogen) atoms. The third kappa shape index (κ3) is 4.37. The van der Waals surface area contributed by atoms with Crippen LogP contribution in [0.25, 0.3) is 0 Å². The summed E-state index contributed by atoms with van der Waals surface area (Å²) in [4.78, 5) is 14.0. The van der Waals surface area contributed by atoms with E-state index in [2.05, 4.69) is 16.3 Å². The van der Waals surface area contributed by atoms with E-state index in [1.807, 2.05) is 11.4 Å². The average Bonchev–Trinajstić information content (AvgIpc) is 3.04. The molecule has 1 atom stereocenters. The number of nitro groups is 1. The van der Waals surface area contributed by atoms with Gasteiger partial charge in [-0.15, -0.1) is 36.2 Å². The molecule has 0 radical (unpaired) electrons. The molecule has 2 heterocycles. The normalized spacial score (nSPS) is 15.8. The van der Waals surface area contributed by atoms with Gasteiger partial charge in [0.2, 0.25) is 0 Å². The topological polar surface area (TPSA) is 78.6 Å². The number of piperazine rings is 1. The van der Waals surface area contributed by atoms with Gasteiger partial charge in [-0.3, -0.25) is 15.0 Å². The maximum atomic E-state index is 11.1. The van der Waals surface area contributed by atoms with E-state index in [4.69, 9.17) is 0 Å². The number of nitrogens with one attached hydrogen (secondary N) is 1. The van der Waals surface area contributed by atoms with E-state index in [1.54, 1.807) is 17.4 Å². The van der Waals surface area contributed by atoms with Gasteiger partial charge in [-0.05, 0) is 23.1 Å². The molecule has 1 aromatic carbocycles. The number of phenolic OH excluding ortho intramolecular Hbond substituents is 1. The molecule has 1 aliphatic heterocycles. The largest absolute Gasteiger partial charge is 0.502 e. The van der Waals surface area contributed by atoms with Crippen molar-refractivity contribution in [2.45, 2.75) is 6.04 Å². The summed E-state index contributed by atoms with van der Waals surface area (Å²) in [7, 11) is 0. The molecule has 6 nitrogen and oxygen atoms in total. The second kappa shape index (κ2) is 9.19. The average molecular weight is 392 g/mol. The molecule has 9 heteroatoms. The molecule has 1 aromatic heterocycles. The van der Waals surface area contributed by atoms with Crippen molar-refractivity contribution in [3.05, 3.63) is 56.3 Å². The third-order valence-electron chi connectivity index (χ3n) is 3.84. The van der Waals surface area contributed by atoms with E-state index in [0.717, 1.165) is 36.6 Å². The molecule has 0 spiro atoms. The van der Waals surface area contributed by atoms with Crippen LogP contribution in [0, 0.1) is 10.1 Å². The predicted octanol–water partition coefficient (Wildman–Crippen LogP) is 3.20. The van der Waals surface area contributed by atoms with Crippen molar-refractivity contribution in [3.63, 3.8) is 0 Å². The molecule has 132 valence electrons. The summed E-state index contributed by atoms with van der Waals surface area (Å²) in [5.41, 5.74) is 0.600. The Morgan fingerprint density at radius 3 is 2.54 bits per heavy atom. The molecular formula is C15H19Cl2N3O3S. The highest BCUT2D eigenvalue weighted by atomic mass is 35.5. The van der Waals surface area contributed by atoms with E-state index in [1.165, 1.54) is 12.1 Å². The Morgan fingerprint density at radius 2 is 1.96 bits per heavy atom. The summed E-state index contributed by atoms with van der Waals surface area (Å²) in [5, 5.41) is 26.1. The third-order valence-corrected chi connectivity index (χ3v) is 4.77. The summed E-state index contributed by atoms with van der Waals surface area (Å²) in [6, 6.07) is 8.70. The molecule has 0 saturated carbocycles. The van der Waals surface area contributed by atoms with Crippen molar-refractivity contribution in [2.75, 3.05) is 26.2 Å². The van der Waals surface area contributed by atoms with Gasteiger partial charge in [0.25, 0.3) is 0 Å². The number of halogens is 2. The number of aromatic hydroxyl groups is 1. The highest BCUT2D eigenvalue weighted by Crippen LogP contribution is 2.36. The molecule has 2 N–H and O–H groups in total. The van der Waals surface area contributed by atoms with Crippen LogP contribution in [0.5, 0.6) is 5.75 Å². The van der Waals surface area contributed by atoms with Crippen molar-refractivity contribution in [1.29, 1.82) is 0 Å². The first-order chi connectivity index (χ1) is 10.7. The second-order valence-corrected chi connectivity index (χ2v) is 6.19. The number of phenols is 1. The lowest BCUT2D eigenvalue weighted by Gasteiger charge is -2.34. The molecule has 1 aliphatic rings. The van der Waals surface area contributed by atoms with Crippen LogP contribution in [0.4, 0.5) is 5.69 Å². The minimum atomic E-state index is -0.540. The molecule has 0 amide bonds. The minimum Gasteiger partial charge on any atom is -0.502 e. The first-order valence-corrected chi connectivity index (χ1v) is 8.00. The van der Waals surface area contributed by atoms with Gasteiger partial charge in [-0.2, -0.15) is 0 Å². The predicted molar refractivity (Wildman–Crippen MR) is 99.9 cm³/mol. The standard InChI is InChI=1S/C15H17N3O3S.2ClH/c19-13-4-3-11(10-12(13)18(20)21)15(14-2-1-9-22-14)17-7-5-16-6-8-17;;/h1-4,9-10,15-16,19H,5-8H2;2*1H/t15-;;/m1../s1. The van der Waals surface area contributed by atoms with Crippen LogP contribution in [0.3, 0.4) is 0 Å². The molecule has 0 bridgehead atoms. The lowest BCUT2D eigenvalue weighted by molar-refractivity contribution is -0.385. The van der Waals surface area contributed by atoms with E-state index >= 15 is 0 Å². The van der Waals surface area contributed by atoms with E-state index in [0.29, 0.717) is 0 Å². The van der Waals surface area contributed by atoms with Gasteiger partial charge in [-0.1, -0.05) is 12.1 Å². The molecule has 2 aromatic rings. The first-order valence-electron chi connectivity index (χ1n) is 7.12. The summed E-state index contributed by atoms with van der Waals surface area (Å²) in [6.45, 7) is 3.58. The van der Waals surface area contributed by atoms with Crippen LogP contribution in [0.2, 0.25) is 0 Å². The van der Waals surface area contributed by atoms with E-state index in [9.17, 15) is 15.2 Å². The molecular weight excluding hydrogens is 373 g/mol. The number of rotatable bonds is 4. The van der Waals surface area contributed by atoms with Crippen LogP contribution in [-0.2, 0) is 0 Å². The quantitative estimate of drug-likeness (QED) is 0.617. The summed E-state index contributed by atoms with van der Waals surface area (Å²) in [6.07, 6.45) is 0. The fourth-order valence-corrected chi connectivity index (χ4v) is 3.68. The minimum absolute atomic E-state index is 0. The highest BCUT2D eigenvalue weighted by molar-refractivity contribution is 7.10. The first kappa shape index (κ1) is 20.7. The maximum absolute atomic E-state index is 11.1. The van der Waals surface area contributed by atoms with Crippen LogP contribution >= 0.6 is 36.2 Å². The second-order valence-electron chi connectivity index (χ2n) is 5.21. The Balaban J connectivity index is 0.00000144. The highest BCUT2D eigenvalue weighted by Gasteiger charge is 2.27. The number of hydrogen-bond donors (Lipinski definition) is 2. The van der Waals surface area contributed by atoms with Gasteiger partial charge < -0.3 is 10.4 Å². The Kier molecular flexibility index (Phi) is 7.92. The lowest BCUT2D eigenvalue weighted by atomic mass is 10.0. The van der Waals surface area contributed by atoms with Gasteiger partial charge in [0.15, 0.2) is 5.75 Å². The Labute approximate surface area is 156 Å². The van der Waals surface area contributed by atoms with Crippen molar-refractivity contribution < 1.29 is 10.0 Å². The summed E-state index contributed by atoms with van der Waals surface area (Å²) >= 11 is 1.64. The van der Waals surface area contributed by atoms with Crippen molar-refractivity contribution in [3.8, 4) is 5.75 Å². The molecule has 3 rings (SSSR count). The van der Waals surface area contributed by atoms with E-state index < -0.39 is 4.92 Å². The fourth-order valence-electron chi connectivity index (χ4n) is 2.80. The van der Waals surface area contributed by atoms with Crippen molar-refractivity contribution >= 4 is 41.8 Å². The zero-order valence-corrected chi connectivity index (χ0v) is 15.2. The Morgan fingerprint density at radius 1 is 1.25 bits per heavy atom. The van der Waals surface area contributed by atoms with Crippen LogP contribution in [0.15, 0.2) is 35.7 Å². The smallest absolute Gasteiger partial charge is 0.311 e. The van der Waals surface area contributed by atoms with E-state index in [-0.39, 0.29) is 42.3 Å². The molecule has 0 aliphatic carbocycles. The van der Waals surface area contributed by atoms with Crippen LogP contribution < -0.4 is 5.32 Å². The summed E-state index contributed by atoms with van der Waals surface area (Å²) < 4.78 is 0. The van der Waals surface area contributed by atoms with Gasteiger partial charge in [0.05, 0.1) is 11.0 Å². The van der Waals surface area contributed by atoms with Gasteiger partial charge in [-0.25, -0.2) is 0 Å². The number of nitro benzene ring substituents is 1.